The van der Waals surface area contributed by atoms with Crippen molar-refractivity contribution >= 4 is 135 Å². The van der Waals surface area contributed by atoms with E-state index < -0.39 is 37.6 Å². The molecule has 6 aromatic heterocycles. The second-order valence-corrected chi connectivity index (χ2v) is 33.3. The smallest absolute Gasteiger partial charge is 0.478 e. The van der Waals surface area contributed by atoms with Crippen molar-refractivity contribution in [3.63, 3.8) is 0 Å². The molecule has 0 unspecified atom stereocenters. The molecular weight excluding hydrogens is 1660 g/mol. The normalized spacial score (nSPS) is 17.4. The molecule has 5 N–H and O–H groups in total. The van der Waals surface area contributed by atoms with Crippen LogP contribution in [-0.4, -0.2) is 184 Å². The highest BCUT2D eigenvalue weighted by molar-refractivity contribution is 9.10. The summed E-state index contributed by atoms with van der Waals surface area (Å²) in [5.41, 5.74) is 1.69. The van der Waals surface area contributed by atoms with Crippen molar-refractivity contribution in [2.75, 3.05) is 26.3 Å². The lowest BCUT2D eigenvalue weighted by Gasteiger charge is -2.32. The summed E-state index contributed by atoms with van der Waals surface area (Å²) in [5, 5.41) is 54.5. The highest BCUT2D eigenvalue weighted by atomic mass is 79.9. The molecule has 117 heavy (non-hydrogen) atoms. The highest BCUT2D eigenvalue weighted by Gasteiger charge is 2.50. The number of carbonyl (C=O) groups excluding carboxylic acids is 8. The quantitative estimate of drug-likeness (QED) is 0.0133. The third-order valence-electron chi connectivity index (χ3n) is 17.7. The van der Waals surface area contributed by atoms with Gasteiger partial charge in [0.25, 0.3) is 11.8 Å². The number of nitrogens with zero attached hydrogens (tertiary/aromatic N) is 12. The van der Waals surface area contributed by atoms with Crippen molar-refractivity contribution in [2.24, 2.45) is 10.8 Å². The number of halogens is 3. The van der Waals surface area contributed by atoms with Crippen LogP contribution in [0, 0.1) is 10.8 Å². The van der Waals surface area contributed by atoms with Crippen LogP contribution in [0.4, 0.5) is 0 Å². The first-order valence-electron chi connectivity index (χ1n) is 38.9. The van der Waals surface area contributed by atoms with Crippen LogP contribution in [0.15, 0.2) is 144 Å². The number of carboxylic acids is 1. The minimum Gasteiger partial charge on any atom is -0.478 e. The number of amides is 3. The van der Waals surface area contributed by atoms with E-state index in [1.165, 1.54) is 86.6 Å². The molecule has 6 saturated carbocycles. The van der Waals surface area contributed by atoms with Gasteiger partial charge in [-0.1, -0.05) is 45.8 Å². The average Bonchev–Trinajstić information content (AvgIpc) is 1.64. The summed E-state index contributed by atoms with van der Waals surface area (Å²) in [7, 11) is -1.53. The maximum Gasteiger partial charge on any atom is 0.487 e. The Kier molecular flexibility index (Phi) is 38.8. The molecule has 9 aliphatic rings. The Bertz CT molecular complexity index is 4410. The zero-order chi connectivity index (χ0) is 86.0. The van der Waals surface area contributed by atoms with Crippen LogP contribution < -0.4 is 5.32 Å². The number of ether oxygens (including phenoxy) is 3. The Morgan fingerprint density at radius 1 is 0.573 bits per heavy atom. The van der Waals surface area contributed by atoms with Gasteiger partial charge in [0.2, 0.25) is 11.1 Å². The molecule has 36 heteroatoms. The molecule has 6 aromatic rings. The van der Waals surface area contributed by atoms with Crippen molar-refractivity contribution in [1.29, 1.82) is 0 Å². The third-order valence-corrected chi connectivity index (χ3v) is 19.1. The largest absolute Gasteiger partial charge is 0.487 e. The van der Waals surface area contributed by atoms with Gasteiger partial charge in [-0.15, -0.1) is 0 Å². The Balaban J connectivity index is 0.000000207. The van der Waals surface area contributed by atoms with Crippen LogP contribution in [0.5, 0.6) is 0 Å². The van der Waals surface area contributed by atoms with Gasteiger partial charge in [-0.3, -0.25) is 57.4 Å². The molecule has 0 spiro atoms. The SMILES string of the molecule is Brc1cn[nH]c1.Brc1cnn(C2CC2)c1.CC(C)(C)C(=O)Cl.CC(C)(C)C(=O)OC(=O)/C=C/c1cnn(C2CC2)c1.CCOC(=O)/C=C/B1OC(C)(C)C(C)(C)O1.CCOC(=O)/C=C/c1cnn(C2CC2)c1.O=C(O)/C=C/c1cnn(C2CC2)c1.O=C1C=CCCN1.O=C1C=CCCN1C(=O)/C=C/c1cnn(C2CC2)c1.OB(O)C1CC1. The zero-order valence-corrected chi connectivity index (χ0v) is 72.3. The Labute approximate surface area is 705 Å². The fraction of sp³-hybridized carbons (Fsp3) is 0.494. The number of nitrogens with one attached hydrogen (secondary N) is 2. The van der Waals surface area contributed by atoms with Gasteiger partial charge in [0.15, 0.2) is 0 Å². The van der Waals surface area contributed by atoms with Crippen LogP contribution >= 0.6 is 43.5 Å². The van der Waals surface area contributed by atoms with E-state index in [1.807, 2.05) is 94.4 Å². The highest BCUT2D eigenvalue weighted by Crippen LogP contribution is 2.40. The number of hydrogen-bond acceptors (Lipinski definition) is 22. The molecule has 3 amide bonds. The van der Waals surface area contributed by atoms with E-state index in [4.69, 9.17) is 50.3 Å². The number of esters is 4. The number of hydrogen-bond donors (Lipinski definition) is 5. The minimum atomic E-state index is -1.04. The van der Waals surface area contributed by atoms with E-state index in [0.717, 1.165) is 82.3 Å². The van der Waals surface area contributed by atoms with Crippen LogP contribution in [0.25, 0.3) is 24.3 Å². The number of H-pyrrole nitrogens is 1. The summed E-state index contributed by atoms with van der Waals surface area (Å²) in [6.45, 7) is 23.9. The van der Waals surface area contributed by atoms with Crippen molar-refractivity contribution in [3.8, 4) is 0 Å². The second-order valence-electron chi connectivity index (χ2n) is 31.1. The van der Waals surface area contributed by atoms with Gasteiger partial charge in [0.1, 0.15) is 0 Å². The molecule has 3 aliphatic heterocycles. The lowest BCUT2D eigenvalue weighted by Crippen LogP contribution is -2.41. The fourth-order valence-corrected chi connectivity index (χ4v) is 9.77. The summed E-state index contributed by atoms with van der Waals surface area (Å²) >= 11 is 11.6. The number of rotatable bonds is 18. The minimum absolute atomic E-state index is 0.0336. The van der Waals surface area contributed by atoms with E-state index in [9.17, 15) is 43.2 Å². The molecule has 632 valence electrons. The van der Waals surface area contributed by atoms with Gasteiger partial charge in [-0.25, -0.2) is 19.2 Å². The summed E-state index contributed by atoms with van der Waals surface area (Å²) < 4.78 is 37.4. The molecule has 0 radical (unpaired) electrons. The number of aromatic nitrogens is 12. The third kappa shape index (κ3) is 38.6. The zero-order valence-electron chi connectivity index (χ0n) is 68.4. The number of imide groups is 1. The monoisotopic (exact) mass is 1760 g/mol. The summed E-state index contributed by atoms with van der Waals surface area (Å²) in [4.78, 5) is 100. The maximum absolute atomic E-state index is 11.9. The first kappa shape index (κ1) is 96.3. The van der Waals surface area contributed by atoms with Crippen LogP contribution in [0.1, 0.15) is 225 Å². The molecule has 0 aromatic carbocycles. The van der Waals surface area contributed by atoms with Gasteiger partial charge >= 0.3 is 44.1 Å². The van der Waals surface area contributed by atoms with Gasteiger partial charge < -0.3 is 44.0 Å². The predicted octanol–water partition coefficient (Wildman–Crippen LogP) is 13.4. The van der Waals surface area contributed by atoms with Gasteiger partial charge in [0, 0.05) is 108 Å². The Morgan fingerprint density at radius 3 is 1.29 bits per heavy atom. The van der Waals surface area contributed by atoms with E-state index in [0.29, 0.717) is 50.0 Å². The van der Waals surface area contributed by atoms with Crippen LogP contribution in [0.3, 0.4) is 0 Å². The second kappa shape index (κ2) is 47.2. The Hall–Kier alpha value is -9.51. The number of aliphatic carboxylic acids is 1. The van der Waals surface area contributed by atoms with Crippen molar-refractivity contribution < 1.29 is 81.8 Å². The van der Waals surface area contributed by atoms with E-state index in [2.05, 4.69) is 72.9 Å². The molecule has 7 fully saturated rings. The number of carboxylic acid groups (broad SMARTS) is 1. The Morgan fingerprint density at radius 2 is 0.983 bits per heavy atom. The first-order chi connectivity index (χ1) is 55.3. The van der Waals surface area contributed by atoms with Gasteiger partial charge in [-0.05, 0) is 231 Å². The molecular formula is C81H109B2Br2ClN14O17. The van der Waals surface area contributed by atoms with Crippen molar-refractivity contribution in [2.45, 2.75) is 220 Å². The number of carbonyl (C=O) groups is 9. The molecule has 6 aliphatic carbocycles. The van der Waals surface area contributed by atoms with Gasteiger partial charge in [-0.2, -0.15) is 30.6 Å². The van der Waals surface area contributed by atoms with Crippen LogP contribution in [-0.2, 0) is 66.7 Å². The van der Waals surface area contributed by atoms with E-state index >= 15 is 0 Å². The van der Waals surface area contributed by atoms with Crippen LogP contribution in [0.2, 0.25) is 5.82 Å². The van der Waals surface area contributed by atoms with Crippen molar-refractivity contribution in [3.05, 3.63) is 166 Å². The predicted molar refractivity (Wildman–Crippen MR) is 450 cm³/mol. The maximum atomic E-state index is 11.9. The average molecular weight is 1770 g/mol. The first-order valence-corrected chi connectivity index (χ1v) is 40.9. The summed E-state index contributed by atoms with van der Waals surface area (Å²) in [6, 6.07) is 2.88. The van der Waals surface area contributed by atoms with Gasteiger partial charge in [0.05, 0.1) is 106 Å². The molecule has 15 rings (SSSR count). The molecule has 0 atom stereocenters. The molecule has 9 heterocycles. The van der Waals surface area contributed by atoms with Crippen molar-refractivity contribution in [1.82, 2.24) is 69.3 Å². The molecule has 0 bridgehead atoms. The lowest BCUT2D eigenvalue weighted by molar-refractivity contribution is -0.162. The lowest BCUT2D eigenvalue weighted by atomic mass is 9.84. The summed E-state index contributed by atoms with van der Waals surface area (Å²) in [6.07, 6.45) is 57.4. The molecule has 1 saturated heterocycles. The standard InChI is InChI=1S/C14H15N3O2.C14H18N2O3.C11H19BO4.C11H14N2O2.C9H10N2O2.C6H7BrN2.C5H9ClO.C5H7NO.C3H7BO2.C3H3BrN2/c18-13-3-1-2-8-16(13)14(19)7-4-11-9-15-17(10-11)12-5-6-12;1-14(2,3)13(18)19-12(17)7-4-10-8-15-16(9-10)11-5-6-11;1-6-14-9(13)7-8-12-15-10(2,3)11(4,5)16-12;1-2-15-11(14)6-3-9-7-12-13(8-9)10-4-5-10;12-9(13)4-1-7-5-10-11(6-7)8-2-3-8;7-5-3-8-9(4-5)6-1-2-6;1-5(2,3)4(6)7;7-5-3-1-2-4-6-5;5-4(6)3-1-2-3;4-3-1-5-6-2-3/h1,3-4,7,9-10,12H,2,5-6,8H2;4,7-9,11H,5-6H2,1-3H3;7-8H,6H2,1-5H3;3,6-8,10H,2,4-5H2,1H3;1,4-6,8H,2-3H2,(H,12,13);3-4,6H,1-2H2;1-3H3;1,3H,2,4H2,(H,6,7);3,5-6H,1-2H2;1-2H,(H,5,6)/b2*7-4+;8-7+;6-3+;4-1+;;;;;. The van der Waals surface area contributed by atoms with E-state index in [1.54, 1.807) is 135 Å². The summed E-state index contributed by atoms with van der Waals surface area (Å²) in [5.74, 6) is -1.49. The number of aromatic amines is 1. The molecule has 31 nitrogen and oxygen atoms in total. The van der Waals surface area contributed by atoms with E-state index in [-0.39, 0.29) is 57.3 Å². The fourth-order valence-electron chi connectivity index (χ4n) is 9.27. The topological polar surface area (TPSA) is 394 Å².